The van der Waals surface area contributed by atoms with Crippen LogP contribution in [0.3, 0.4) is 0 Å². The van der Waals surface area contributed by atoms with Crippen LogP contribution >= 0.6 is 23.6 Å². The zero-order valence-corrected chi connectivity index (χ0v) is 12.1. The molecule has 20 heavy (non-hydrogen) atoms. The molecule has 3 aromatic rings. The molecule has 5 nitrogen and oxygen atoms in total. The average Bonchev–Trinajstić information content (AvgIpc) is 3.09. The third kappa shape index (κ3) is 2.89. The SMILES string of the molecule is S=c1[nH]nc(Cc2cccs2)n1/N=C\c1ccccn1. The number of hydrogen-bond acceptors (Lipinski definition) is 5. The van der Waals surface area contributed by atoms with E-state index < -0.39 is 0 Å². The Bertz CT molecular complexity index is 756. The normalized spacial score (nSPS) is 11.2. The Morgan fingerprint density at radius 1 is 1.35 bits per heavy atom. The van der Waals surface area contributed by atoms with Gasteiger partial charge in [0.15, 0.2) is 5.82 Å². The Morgan fingerprint density at radius 2 is 2.30 bits per heavy atom. The predicted octanol–water partition coefficient (Wildman–Crippen LogP) is 2.87. The third-order valence-electron chi connectivity index (χ3n) is 2.62. The average molecular weight is 301 g/mol. The molecule has 0 spiro atoms. The number of nitrogens with one attached hydrogen (secondary N) is 1. The van der Waals surface area contributed by atoms with Crippen molar-refractivity contribution in [3.63, 3.8) is 0 Å². The van der Waals surface area contributed by atoms with Crippen LogP contribution in [-0.4, -0.2) is 26.1 Å². The molecule has 0 aliphatic heterocycles. The first-order valence-corrected chi connectivity index (χ1v) is 7.26. The van der Waals surface area contributed by atoms with Crippen molar-refractivity contribution in [3.8, 4) is 0 Å². The van der Waals surface area contributed by atoms with Crippen LogP contribution in [0.4, 0.5) is 0 Å². The predicted molar refractivity (Wildman–Crippen MR) is 81.8 cm³/mol. The molecule has 3 rings (SSSR count). The van der Waals surface area contributed by atoms with Gasteiger partial charge in [-0.1, -0.05) is 12.1 Å². The summed E-state index contributed by atoms with van der Waals surface area (Å²) >= 11 is 6.88. The summed E-state index contributed by atoms with van der Waals surface area (Å²) in [5.74, 6) is 0.782. The minimum absolute atomic E-state index is 0.476. The molecule has 0 amide bonds. The van der Waals surface area contributed by atoms with Crippen LogP contribution in [0.1, 0.15) is 16.4 Å². The second-order valence-corrected chi connectivity index (χ2v) is 5.43. The van der Waals surface area contributed by atoms with E-state index in [0.29, 0.717) is 11.2 Å². The van der Waals surface area contributed by atoms with E-state index >= 15 is 0 Å². The largest absolute Gasteiger partial charge is 0.255 e. The van der Waals surface area contributed by atoms with Crippen molar-refractivity contribution in [2.24, 2.45) is 5.10 Å². The molecule has 0 fully saturated rings. The van der Waals surface area contributed by atoms with Gasteiger partial charge >= 0.3 is 0 Å². The van der Waals surface area contributed by atoms with E-state index in [-0.39, 0.29) is 0 Å². The Morgan fingerprint density at radius 3 is 3.05 bits per heavy atom. The molecule has 1 N–H and O–H groups in total. The number of hydrogen-bond donors (Lipinski definition) is 1. The van der Waals surface area contributed by atoms with Crippen molar-refractivity contribution in [3.05, 3.63) is 63.1 Å². The first-order chi connectivity index (χ1) is 9.83. The maximum atomic E-state index is 5.20. The van der Waals surface area contributed by atoms with Crippen molar-refractivity contribution in [2.75, 3.05) is 0 Å². The van der Waals surface area contributed by atoms with Gasteiger partial charge in [-0.3, -0.25) is 10.1 Å². The molecular weight excluding hydrogens is 290 g/mol. The van der Waals surface area contributed by atoms with Gasteiger partial charge in [-0.05, 0) is 35.8 Å². The highest BCUT2D eigenvalue weighted by molar-refractivity contribution is 7.71. The number of nitrogens with zero attached hydrogens (tertiary/aromatic N) is 4. The van der Waals surface area contributed by atoms with Crippen LogP contribution in [0, 0.1) is 4.77 Å². The first kappa shape index (κ1) is 12.9. The lowest BCUT2D eigenvalue weighted by molar-refractivity contribution is 0.795. The Labute approximate surface area is 124 Å². The fourth-order valence-corrected chi connectivity index (χ4v) is 2.60. The summed E-state index contributed by atoms with van der Waals surface area (Å²) in [7, 11) is 0. The van der Waals surface area contributed by atoms with E-state index in [1.165, 1.54) is 4.88 Å². The van der Waals surface area contributed by atoms with Crippen molar-refractivity contribution in [1.29, 1.82) is 0 Å². The van der Waals surface area contributed by atoms with Crippen molar-refractivity contribution in [2.45, 2.75) is 6.42 Å². The summed E-state index contributed by atoms with van der Waals surface area (Å²) in [6, 6.07) is 9.74. The zero-order chi connectivity index (χ0) is 13.8. The van der Waals surface area contributed by atoms with Crippen LogP contribution in [0.2, 0.25) is 0 Å². The minimum atomic E-state index is 0.476. The fourth-order valence-electron chi connectivity index (χ4n) is 1.70. The molecule has 0 saturated carbocycles. The van der Waals surface area contributed by atoms with Crippen molar-refractivity contribution < 1.29 is 0 Å². The van der Waals surface area contributed by atoms with E-state index in [9.17, 15) is 0 Å². The van der Waals surface area contributed by atoms with E-state index in [1.807, 2.05) is 29.6 Å². The number of rotatable bonds is 4. The summed E-state index contributed by atoms with van der Waals surface area (Å²) in [4.78, 5) is 5.40. The Kier molecular flexibility index (Phi) is 3.80. The van der Waals surface area contributed by atoms with E-state index in [2.05, 4.69) is 26.3 Å². The molecule has 3 heterocycles. The maximum absolute atomic E-state index is 5.20. The summed E-state index contributed by atoms with van der Waals surface area (Å²) in [5, 5.41) is 13.4. The number of pyridine rings is 1. The van der Waals surface area contributed by atoms with Crippen LogP contribution in [0.15, 0.2) is 47.0 Å². The summed E-state index contributed by atoms with van der Waals surface area (Å²) in [6.07, 6.45) is 4.09. The number of thiophene rings is 1. The van der Waals surface area contributed by atoms with Gasteiger partial charge in [-0.25, -0.2) is 0 Å². The lowest BCUT2D eigenvalue weighted by Gasteiger charge is -1.98. The molecule has 7 heteroatoms. The first-order valence-electron chi connectivity index (χ1n) is 5.97. The molecule has 0 radical (unpaired) electrons. The smallest absolute Gasteiger partial charge is 0.216 e. The van der Waals surface area contributed by atoms with E-state index in [1.54, 1.807) is 28.4 Å². The van der Waals surface area contributed by atoms with E-state index in [0.717, 1.165) is 11.5 Å². The number of aromatic nitrogens is 4. The second-order valence-electron chi connectivity index (χ2n) is 4.01. The summed E-state index contributed by atoms with van der Waals surface area (Å²) in [6.45, 7) is 0. The highest BCUT2D eigenvalue weighted by Crippen LogP contribution is 2.13. The van der Waals surface area contributed by atoms with Gasteiger partial charge in [-0.15, -0.1) is 11.3 Å². The minimum Gasteiger partial charge on any atom is -0.255 e. The second kappa shape index (κ2) is 5.89. The molecule has 0 bridgehead atoms. The Balaban J connectivity index is 1.88. The molecule has 0 aliphatic carbocycles. The van der Waals surface area contributed by atoms with Gasteiger partial charge in [0.05, 0.1) is 11.9 Å². The quantitative estimate of drug-likeness (QED) is 0.595. The molecule has 100 valence electrons. The van der Waals surface area contributed by atoms with Gasteiger partial charge < -0.3 is 0 Å². The third-order valence-corrected chi connectivity index (χ3v) is 3.76. The van der Waals surface area contributed by atoms with Crippen LogP contribution in [0.25, 0.3) is 0 Å². The zero-order valence-electron chi connectivity index (χ0n) is 10.4. The van der Waals surface area contributed by atoms with Gasteiger partial charge in [0.25, 0.3) is 0 Å². The van der Waals surface area contributed by atoms with Gasteiger partial charge in [0.2, 0.25) is 4.77 Å². The topological polar surface area (TPSA) is 58.9 Å². The lowest BCUT2D eigenvalue weighted by atomic mass is 10.3. The Hall–Kier alpha value is -2.12. The molecule has 0 atom stereocenters. The van der Waals surface area contributed by atoms with Crippen LogP contribution in [0.5, 0.6) is 0 Å². The molecule has 0 aromatic carbocycles. The molecule has 0 saturated heterocycles. The molecule has 0 unspecified atom stereocenters. The molecule has 0 aliphatic rings. The molecular formula is C13H11N5S2. The van der Waals surface area contributed by atoms with Crippen molar-refractivity contribution in [1.82, 2.24) is 19.9 Å². The fraction of sp³-hybridized carbons (Fsp3) is 0.0769. The summed E-state index contributed by atoms with van der Waals surface area (Å²) in [5.41, 5.74) is 0.776. The van der Waals surface area contributed by atoms with Gasteiger partial charge in [0, 0.05) is 17.5 Å². The lowest BCUT2D eigenvalue weighted by Crippen LogP contribution is -1.99. The number of H-pyrrole nitrogens is 1. The van der Waals surface area contributed by atoms with Crippen LogP contribution in [-0.2, 0) is 6.42 Å². The van der Waals surface area contributed by atoms with Crippen molar-refractivity contribution >= 4 is 29.8 Å². The summed E-state index contributed by atoms with van der Waals surface area (Å²) < 4.78 is 2.10. The number of aromatic amines is 1. The van der Waals surface area contributed by atoms with Gasteiger partial charge in [0.1, 0.15) is 0 Å². The highest BCUT2D eigenvalue weighted by Gasteiger charge is 2.06. The standard InChI is InChI=1S/C13H11N5S2/c19-13-17-16-12(8-11-5-3-7-20-11)18(13)15-9-10-4-1-2-6-14-10/h1-7,9H,8H2,(H,17,19)/b15-9-. The molecule has 3 aromatic heterocycles. The van der Waals surface area contributed by atoms with E-state index in [4.69, 9.17) is 12.2 Å². The maximum Gasteiger partial charge on any atom is 0.216 e. The highest BCUT2D eigenvalue weighted by atomic mass is 32.1. The van der Waals surface area contributed by atoms with Gasteiger partial charge in [-0.2, -0.15) is 14.9 Å². The van der Waals surface area contributed by atoms with Crippen LogP contribution < -0.4 is 0 Å². The monoisotopic (exact) mass is 301 g/mol.